The molecule has 6 heterocycles. The van der Waals surface area contributed by atoms with Crippen molar-refractivity contribution in [1.82, 2.24) is 29.3 Å². The number of hydrogen-bond donors (Lipinski definition) is 0. The number of hydrogen-bond acceptors (Lipinski definition) is 5. The van der Waals surface area contributed by atoms with Crippen molar-refractivity contribution in [2.24, 2.45) is 7.05 Å². The van der Waals surface area contributed by atoms with E-state index in [-0.39, 0.29) is 0 Å². The van der Waals surface area contributed by atoms with Crippen LogP contribution >= 0.6 is 0 Å². The lowest BCUT2D eigenvalue weighted by Crippen LogP contribution is -2.38. The zero-order chi connectivity index (χ0) is 18.0. The molecule has 4 aromatic heterocycles. The largest absolute Gasteiger partial charge is 0.463 e. The first kappa shape index (κ1) is 15.2. The molecule has 6 rings (SSSR count). The summed E-state index contributed by atoms with van der Waals surface area (Å²) < 4.78 is 9.51. The highest BCUT2D eigenvalue weighted by atomic mass is 16.3. The predicted octanol–water partition coefficient (Wildman–Crippen LogP) is 2.98. The topological polar surface area (TPSA) is 64.4 Å². The third kappa shape index (κ3) is 2.21. The van der Waals surface area contributed by atoms with Gasteiger partial charge < -0.3 is 4.42 Å². The molecular weight excluding hydrogens is 340 g/mol. The van der Waals surface area contributed by atoms with Gasteiger partial charge in [-0.2, -0.15) is 10.2 Å². The molecule has 2 aliphatic heterocycles. The average molecular weight is 360 g/mol. The molecule has 1 saturated heterocycles. The summed E-state index contributed by atoms with van der Waals surface area (Å²) in [6.07, 6.45) is 9.00. The van der Waals surface area contributed by atoms with Gasteiger partial charge >= 0.3 is 0 Å². The van der Waals surface area contributed by atoms with Gasteiger partial charge in [0.1, 0.15) is 5.69 Å². The number of furan rings is 1. The summed E-state index contributed by atoms with van der Waals surface area (Å²) in [5.74, 6) is 0.783. The second kappa shape index (κ2) is 5.53. The SMILES string of the molecule is Cn1nccc1CN1[C@H]2CC[C@@H]1c1cnc3cc(-c4ccco4)nn3c1C2. The van der Waals surface area contributed by atoms with Gasteiger partial charge in [0.2, 0.25) is 0 Å². The molecule has 2 aliphatic rings. The highest BCUT2D eigenvalue weighted by Gasteiger charge is 2.41. The monoisotopic (exact) mass is 360 g/mol. The zero-order valence-electron chi connectivity index (χ0n) is 15.1. The average Bonchev–Trinajstić information content (AvgIpc) is 3.43. The summed E-state index contributed by atoms with van der Waals surface area (Å²) in [4.78, 5) is 7.32. The first-order valence-corrected chi connectivity index (χ1v) is 9.42. The molecule has 0 aromatic carbocycles. The number of aromatic nitrogens is 5. The molecule has 0 spiro atoms. The molecule has 2 bridgehead atoms. The minimum atomic E-state index is 0.404. The summed E-state index contributed by atoms with van der Waals surface area (Å²) in [7, 11) is 2.01. The Morgan fingerprint density at radius 2 is 2.22 bits per heavy atom. The van der Waals surface area contributed by atoms with E-state index >= 15 is 0 Å². The van der Waals surface area contributed by atoms with Crippen LogP contribution in [-0.2, 0) is 20.0 Å². The lowest BCUT2D eigenvalue weighted by Gasteiger charge is -2.36. The normalized spacial score (nSPS) is 21.8. The molecule has 136 valence electrons. The van der Waals surface area contributed by atoms with Crippen molar-refractivity contribution < 1.29 is 4.42 Å². The van der Waals surface area contributed by atoms with E-state index in [0.717, 1.165) is 30.1 Å². The molecule has 0 radical (unpaired) electrons. The summed E-state index contributed by atoms with van der Waals surface area (Å²) in [5, 5.41) is 9.13. The summed E-state index contributed by atoms with van der Waals surface area (Å²) >= 11 is 0. The van der Waals surface area contributed by atoms with Crippen LogP contribution in [0.25, 0.3) is 17.1 Å². The van der Waals surface area contributed by atoms with Gasteiger partial charge in [0.05, 0.1) is 17.7 Å². The van der Waals surface area contributed by atoms with Gasteiger partial charge in [0, 0.05) is 56.1 Å². The number of nitrogens with zero attached hydrogens (tertiary/aromatic N) is 6. The molecule has 0 aliphatic carbocycles. The van der Waals surface area contributed by atoms with Crippen LogP contribution < -0.4 is 0 Å². The quantitative estimate of drug-likeness (QED) is 0.562. The molecule has 7 heteroatoms. The van der Waals surface area contributed by atoms with E-state index in [2.05, 4.69) is 22.3 Å². The standard InChI is InChI=1S/C20H20N6O/c1-24-14(6-7-22-24)12-25-13-4-5-17(25)15-11-21-20-10-16(19-3-2-8-27-19)23-26(20)18(15)9-13/h2-3,6-8,10-11,13,17H,4-5,9,12H2,1H3/t13-,17+/m0/s1. The van der Waals surface area contributed by atoms with Crippen LogP contribution in [0.5, 0.6) is 0 Å². The molecule has 1 fully saturated rings. The fourth-order valence-corrected chi connectivity index (χ4v) is 4.72. The van der Waals surface area contributed by atoms with Crippen LogP contribution in [0.1, 0.15) is 35.8 Å². The van der Waals surface area contributed by atoms with Crippen LogP contribution in [-0.4, -0.2) is 35.3 Å². The van der Waals surface area contributed by atoms with Gasteiger partial charge in [-0.3, -0.25) is 9.58 Å². The fraction of sp³-hybridized carbons (Fsp3) is 0.350. The maximum Gasteiger partial charge on any atom is 0.155 e. The lowest BCUT2D eigenvalue weighted by atomic mass is 9.99. The molecular formula is C20H20N6O. The Balaban J connectivity index is 1.42. The van der Waals surface area contributed by atoms with Crippen LogP contribution in [0.3, 0.4) is 0 Å². The minimum Gasteiger partial charge on any atom is -0.463 e. The smallest absolute Gasteiger partial charge is 0.155 e. The molecule has 2 atom stereocenters. The molecule has 27 heavy (non-hydrogen) atoms. The second-order valence-electron chi connectivity index (χ2n) is 7.51. The third-order valence-corrected chi connectivity index (χ3v) is 6.09. The second-order valence-corrected chi connectivity index (χ2v) is 7.51. The van der Waals surface area contributed by atoms with Crippen molar-refractivity contribution in [2.45, 2.75) is 37.9 Å². The summed E-state index contributed by atoms with van der Waals surface area (Å²) in [6.45, 7) is 0.931. The summed E-state index contributed by atoms with van der Waals surface area (Å²) in [6, 6.07) is 8.88. The van der Waals surface area contributed by atoms with E-state index in [1.807, 2.05) is 40.6 Å². The van der Waals surface area contributed by atoms with E-state index in [1.54, 1.807) is 6.26 Å². The maximum atomic E-state index is 5.51. The Kier molecular flexibility index (Phi) is 3.11. The van der Waals surface area contributed by atoms with Gasteiger partial charge in [0.25, 0.3) is 0 Å². The van der Waals surface area contributed by atoms with Gasteiger partial charge in [-0.05, 0) is 31.0 Å². The Hall–Kier alpha value is -2.93. The van der Waals surface area contributed by atoms with Crippen molar-refractivity contribution in [3.63, 3.8) is 0 Å². The van der Waals surface area contributed by atoms with Crippen molar-refractivity contribution in [1.29, 1.82) is 0 Å². The first-order chi connectivity index (χ1) is 13.3. The van der Waals surface area contributed by atoms with Crippen molar-refractivity contribution in [3.05, 3.63) is 59.9 Å². The Bertz CT molecular complexity index is 1120. The number of fused-ring (bicyclic) bond motifs is 6. The third-order valence-electron chi connectivity index (χ3n) is 6.09. The Labute approximate surface area is 156 Å². The molecule has 0 N–H and O–H groups in total. The van der Waals surface area contributed by atoms with Gasteiger partial charge in [-0.1, -0.05) is 0 Å². The van der Waals surface area contributed by atoms with Crippen LogP contribution in [0.2, 0.25) is 0 Å². The van der Waals surface area contributed by atoms with Crippen LogP contribution in [0.4, 0.5) is 0 Å². The van der Waals surface area contributed by atoms with E-state index in [4.69, 9.17) is 14.5 Å². The highest BCUT2D eigenvalue weighted by Crippen LogP contribution is 2.44. The van der Waals surface area contributed by atoms with E-state index in [1.165, 1.54) is 29.8 Å². The van der Waals surface area contributed by atoms with E-state index in [0.29, 0.717) is 12.1 Å². The molecule has 0 amide bonds. The van der Waals surface area contributed by atoms with Crippen molar-refractivity contribution in [3.8, 4) is 11.5 Å². The molecule has 0 unspecified atom stereocenters. The highest BCUT2D eigenvalue weighted by molar-refractivity contribution is 5.59. The predicted molar refractivity (Wildman–Crippen MR) is 98.9 cm³/mol. The van der Waals surface area contributed by atoms with E-state index < -0.39 is 0 Å². The molecule has 7 nitrogen and oxygen atoms in total. The van der Waals surface area contributed by atoms with Crippen LogP contribution in [0.15, 0.2) is 47.3 Å². The number of aryl methyl sites for hydroxylation is 1. The molecule has 0 saturated carbocycles. The first-order valence-electron chi connectivity index (χ1n) is 9.42. The van der Waals surface area contributed by atoms with Crippen molar-refractivity contribution >= 4 is 5.65 Å². The van der Waals surface area contributed by atoms with Gasteiger partial charge in [-0.15, -0.1) is 0 Å². The van der Waals surface area contributed by atoms with Gasteiger partial charge in [0.15, 0.2) is 11.4 Å². The summed E-state index contributed by atoms with van der Waals surface area (Å²) in [5.41, 5.74) is 5.59. The van der Waals surface area contributed by atoms with Gasteiger partial charge in [-0.25, -0.2) is 9.50 Å². The Morgan fingerprint density at radius 3 is 3.04 bits per heavy atom. The molecule has 4 aromatic rings. The number of rotatable bonds is 3. The Morgan fingerprint density at radius 1 is 1.26 bits per heavy atom. The van der Waals surface area contributed by atoms with Crippen LogP contribution in [0, 0.1) is 0 Å². The minimum absolute atomic E-state index is 0.404. The lowest BCUT2D eigenvalue weighted by molar-refractivity contribution is 0.161. The maximum absolute atomic E-state index is 5.51. The zero-order valence-corrected chi connectivity index (χ0v) is 15.1. The van der Waals surface area contributed by atoms with Crippen molar-refractivity contribution in [2.75, 3.05) is 0 Å². The fourth-order valence-electron chi connectivity index (χ4n) is 4.72. The van der Waals surface area contributed by atoms with E-state index in [9.17, 15) is 0 Å².